The minimum absolute atomic E-state index is 0.00669. The number of rotatable bonds is 8. The third-order valence-corrected chi connectivity index (χ3v) is 7.99. The van der Waals surface area contributed by atoms with Crippen molar-refractivity contribution in [3.05, 3.63) is 71.0 Å². The van der Waals surface area contributed by atoms with Crippen molar-refractivity contribution in [2.24, 2.45) is 0 Å². The van der Waals surface area contributed by atoms with Crippen LogP contribution in [-0.2, 0) is 23.8 Å². The van der Waals surface area contributed by atoms with Crippen LogP contribution < -0.4 is 9.80 Å². The minimum Gasteiger partial charge on any atom is -0.420 e. The number of halogens is 4. The number of hydrogen-bond acceptors (Lipinski definition) is 7. The van der Waals surface area contributed by atoms with E-state index in [1.54, 1.807) is 47.2 Å². The first kappa shape index (κ1) is 29.5. The van der Waals surface area contributed by atoms with E-state index in [2.05, 4.69) is 9.97 Å². The number of nitrogens with zero attached hydrogens (tertiary/aromatic N) is 5. The van der Waals surface area contributed by atoms with Crippen molar-refractivity contribution in [2.75, 3.05) is 43.0 Å². The number of anilines is 2. The van der Waals surface area contributed by atoms with Gasteiger partial charge in [0.2, 0.25) is 17.5 Å². The summed E-state index contributed by atoms with van der Waals surface area (Å²) in [5, 5.41) is 0. The number of alkyl halides is 3. The first-order valence-electron chi connectivity index (χ1n) is 14.2. The number of carbonyl (C=O) groups excluding carboxylic acids is 2. The number of ketones is 1. The monoisotopic (exact) mass is 587 g/mol. The molecule has 0 bridgehead atoms. The maximum absolute atomic E-state index is 13.9. The Kier molecular flexibility index (Phi) is 8.79. The molecule has 2 fully saturated rings. The summed E-state index contributed by atoms with van der Waals surface area (Å²) in [4.78, 5) is 39.0. The van der Waals surface area contributed by atoms with E-state index < -0.39 is 29.2 Å². The van der Waals surface area contributed by atoms with E-state index in [1.807, 2.05) is 4.90 Å². The van der Waals surface area contributed by atoms with Crippen LogP contribution in [0, 0.1) is 5.82 Å². The van der Waals surface area contributed by atoms with Gasteiger partial charge in [-0.1, -0.05) is 43.5 Å². The largest absolute Gasteiger partial charge is 0.437 e. The van der Waals surface area contributed by atoms with E-state index >= 15 is 0 Å². The van der Waals surface area contributed by atoms with E-state index in [9.17, 15) is 27.2 Å². The molecule has 0 radical (unpaired) electrons. The maximum atomic E-state index is 13.9. The Labute approximate surface area is 241 Å². The highest BCUT2D eigenvalue weighted by atomic mass is 19.4. The molecule has 0 atom stereocenters. The molecule has 12 heteroatoms. The van der Waals surface area contributed by atoms with E-state index in [4.69, 9.17) is 4.42 Å². The molecule has 0 N–H and O–H groups in total. The van der Waals surface area contributed by atoms with Crippen LogP contribution in [0.4, 0.5) is 29.4 Å². The summed E-state index contributed by atoms with van der Waals surface area (Å²) >= 11 is 0. The van der Waals surface area contributed by atoms with E-state index in [1.165, 1.54) is 12.3 Å². The summed E-state index contributed by atoms with van der Waals surface area (Å²) in [6.45, 7) is 1.91. The molecular weight excluding hydrogens is 554 g/mol. The van der Waals surface area contributed by atoms with E-state index in [-0.39, 0.29) is 30.8 Å². The number of oxazole rings is 1. The second-order valence-corrected chi connectivity index (χ2v) is 10.8. The molecule has 1 aliphatic heterocycles. The zero-order chi connectivity index (χ0) is 29.9. The topological polar surface area (TPSA) is 82.8 Å². The highest BCUT2D eigenvalue weighted by Gasteiger charge is 2.42. The zero-order valence-electron chi connectivity index (χ0n) is 23.4. The predicted molar refractivity (Wildman–Crippen MR) is 148 cm³/mol. The van der Waals surface area contributed by atoms with Crippen molar-refractivity contribution < 1.29 is 31.6 Å². The molecule has 5 rings (SSSR count). The molecule has 3 heterocycles. The smallest absolute Gasteiger partial charge is 0.420 e. The van der Waals surface area contributed by atoms with Crippen molar-refractivity contribution >= 4 is 23.5 Å². The van der Waals surface area contributed by atoms with Crippen molar-refractivity contribution in [3.63, 3.8) is 0 Å². The van der Waals surface area contributed by atoms with Crippen molar-refractivity contribution in [1.29, 1.82) is 0 Å². The number of pyridine rings is 1. The van der Waals surface area contributed by atoms with Crippen molar-refractivity contribution in [3.8, 4) is 0 Å². The van der Waals surface area contributed by atoms with Gasteiger partial charge in [0.05, 0.1) is 6.42 Å². The lowest BCUT2D eigenvalue weighted by Gasteiger charge is -2.35. The van der Waals surface area contributed by atoms with Gasteiger partial charge in [0.1, 0.15) is 11.6 Å². The molecule has 0 unspecified atom stereocenters. The Hall–Kier alpha value is -3.96. The normalized spacial score (nSPS) is 16.5. The fourth-order valence-corrected chi connectivity index (χ4v) is 5.54. The lowest BCUT2D eigenvalue weighted by Crippen LogP contribution is -2.49. The Morgan fingerprint density at radius 3 is 2.36 bits per heavy atom. The van der Waals surface area contributed by atoms with E-state index in [0.29, 0.717) is 43.1 Å². The van der Waals surface area contributed by atoms with Crippen LogP contribution in [0.15, 0.2) is 47.0 Å². The highest BCUT2D eigenvalue weighted by molar-refractivity contribution is 5.96. The summed E-state index contributed by atoms with van der Waals surface area (Å²) in [6, 6.07) is 9.38. The molecule has 1 aromatic carbocycles. The maximum Gasteiger partial charge on any atom is 0.437 e. The van der Waals surface area contributed by atoms with Crippen LogP contribution in [0.25, 0.3) is 0 Å². The Balaban J connectivity index is 1.20. The lowest BCUT2D eigenvalue weighted by molar-refractivity contribution is -0.141. The van der Waals surface area contributed by atoms with Crippen LogP contribution in [0.5, 0.6) is 0 Å². The quantitative estimate of drug-likeness (QED) is 0.261. The summed E-state index contributed by atoms with van der Waals surface area (Å²) in [7, 11) is 1.65. The van der Waals surface area contributed by atoms with Crippen LogP contribution in [0.1, 0.15) is 59.5 Å². The van der Waals surface area contributed by atoms with Crippen LogP contribution >= 0.6 is 0 Å². The molecule has 0 spiro atoms. The number of piperazine rings is 1. The molecule has 3 aromatic rings. The van der Waals surface area contributed by atoms with Gasteiger partial charge in [0.25, 0.3) is 6.01 Å². The minimum atomic E-state index is -4.83. The van der Waals surface area contributed by atoms with Crippen molar-refractivity contribution in [2.45, 2.75) is 57.2 Å². The molecule has 2 aliphatic rings. The third-order valence-electron chi connectivity index (χ3n) is 7.99. The van der Waals surface area contributed by atoms with Gasteiger partial charge in [-0.25, -0.2) is 9.37 Å². The first-order valence-corrected chi connectivity index (χ1v) is 14.2. The van der Waals surface area contributed by atoms with Gasteiger partial charge in [0, 0.05) is 51.9 Å². The van der Waals surface area contributed by atoms with Gasteiger partial charge in [0.15, 0.2) is 5.69 Å². The number of amides is 1. The second-order valence-electron chi connectivity index (χ2n) is 10.8. The Morgan fingerprint density at radius 2 is 1.71 bits per heavy atom. The lowest BCUT2D eigenvalue weighted by atomic mass is 9.95. The van der Waals surface area contributed by atoms with Crippen LogP contribution in [0.2, 0.25) is 0 Å². The van der Waals surface area contributed by atoms with Crippen LogP contribution in [0.3, 0.4) is 0 Å². The molecule has 8 nitrogen and oxygen atoms in total. The van der Waals surface area contributed by atoms with Gasteiger partial charge in [-0.3, -0.25) is 9.59 Å². The molecule has 1 aliphatic carbocycles. The fourth-order valence-electron chi connectivity index (χ4n) is 5.54. The SMILES string of the molecule is CN(c1nc(C(F)(F)F)c(C(=O)Cc2ccc(N3CCN(C(=O)Cc4ccccc4F)CC3)nc2)o1)C1CCCCC1. The number of Topliss-reactive ketones (excluding diaryl/α,β-unsaturated/α-hetero) is 1. The number of carbonyl (C=O) groups is 2. The molecule has 2 aromatic heterocycles. The molecule has 42 heavy (non-hydrogen) atoms. The number of hydrogen-bond donors (Lipinski definition) is 0. The summed E-state index contributed by atoms with van der Waals surface area (Å²) in [6.07, 6.45) is 1.03. The second kappa shape index (κ2) is 12.5. The van der Waals surface area contributed by atoms with Gasteiger partial charge in [-0.2, -0.15) is 18.2 Å². The van der Waals surface area contributed by atoms with E-state index in [0.717, 1.165) is 32.1 Å². The average Bonchev–Trinajstić information content (AvgIpc) is 3.46. The molecule has 224 valence electrons. The first-order chi connectivity index (χ1) is 20.1. The number of aromatic nitrogens is 2. The average molecular weight is 588 g/mol. The Bertz CT molecular complexity index is 1390. The Morgan fingerprint density at radius 1 is 1.00 bits per heavy atom. The number of benzene rings is 1. The summed E-state index contributed by atoms with van der Waals surface area (Å²) in [5.41, 5.74) is -0.511. The predicted octanol–water partition coefficient (Wildman–Crippen LogP) is 5.31. The molecule has 1 saturated carbocycles. The molecule has 1 amide bonds. The summed E-state index contributed by atoms with van der Waals surface area (Å²) in [5.74, 6) is -1.55. The fraction of sp³-hybridized carbons (Fsp3) is 0.467. The summed E-state index contributed by atoms with van der Waals surface area (Å²) < 4.78 is 60.7. The standard InChI is InChI=1S/C30H33F4N5O3/c1-37(22-8-3-2-4-9-22)29-36-28(30(32,33)34)27(42-29)24(40)17-20-11-12-25(35-19-20)38-13-15-39(16-14-38)26(41)18-21-7-5-6-10-23(21)31/h5-7,10-12,19,22H,2-4,8-9,13-18H2,1H3. The molecule has 1 saturated heterocycles. The molecular formula is C30H33F4N5O3. The zero-order valence-corrected chi connectivity index (χ0v) is 23.4. The third kappa shape index (κ3) is 6.74. The van der Waals surface area contributed by atoms with Gasteiger partial charge < -0.3 is 19.1 Å². The van der Waals surface area contributed by atoms with Crippen LogP contribution in [-0.4, -0.2) is 65.8 Å². The van der Waals surface area contributed by atoms with Gasteiger partial charge in [-0.15, -0.1) is 0 Å². The van der Waals surface area contributed by atoms with Gasteiger partial charge >= 0.3 is 6.18 Å². The van der Waals surface area contributed by atoms with Crippen molar-refractivity contribution in [1.82, 2.24) is 14.9 Å². The van der Waals surface area contributed by atoms with Gasteiger partial charge in [-0.05, 0) is 36.1 Å². The highest BCUT2D eigenvalue weighted by Crippen LogP contribution is 2.36.